The highest BCUT2D eigenvalue weighted by molar-refractivity contribution is 7.89. The van der Waals surface area contributed by atoms with Gasteiger partial charge in [-0.2, -0.15) is 9.41 Å². The summed E-state index contributed by atoms with van der Waals surface area (Å²) < 4.78 is 37.6. The van der Waals surface area contributed by atoms with Gasteiger partial charge in [-0.25, -0.2) is 8.42 Å². The van der Waals surface area contributed by atoms with Gasteiger partial charge in [-0.05, 0) is 48.4 Å². The van der Waals surface area contributed by atoms with E-state index in [9.17, 15) is 18.5 Å². The molecule has 0 radical (unpaired) electrons. The molecule has 32 heavy (non-hydrogen) atoms. The molecule has 1 N–H and O–H groups in total. The Morgan fingerprint density at radius 3 is 2.59 bits per heavy atom. The number of unbranched alkanes of at least 4 members (excludes halogenated alkanes) is 1. The Balaban J connectivity index is 1.70. The predicted octanol–water partition coefficient (Wildman–Crippen LogP) is 3.24. The predicted molar refractivity (Wildman–Crippen MR) is 121 cm³/mol. The van der Waals surface area contributed by atoms with Crippen molar-refractivity contribution >= 4 is 27.6 Å². The minimum atomic E-state index is -3.84. The van der Waals surface area contributed by atoms with Crippen LogP contribution in [-0.4, -0.2) is 56.8 Å². The molecule has 1 fully saturated rings. The first-order valence-electron chi connectivity index (χ1n) is 10.3. The lowest BCUT2D eigenvalue weighted by molar-refractivity contribution is -0.384. The number of ether oxygens (including phenoxy) is 2. The van der Waals surface area contributed by atoms with Gasteiger partial charge in [0.05, 0.1) is 35.9 Å². The molecule has 10 nitrogen and oxygen atoms in total. The zero-order valence-corrected chi connectivity index (χ0v) is 18.6. The highest BCUT2D eigenvalue weighted by Crippen LogP contribution is 2.29. The fraction of sp³-hybridized carbons (Fsp3) is 0.381. The number of morpholine rings is 1. The summed E-state index contributed by atoms with van der Waals surface area (Å²) >= 11 is 0. The molecule has 0 amide bonds. The van der Waals surface area contributed by atoms with Gasteiger partial charge >= 0.3 is 0 Å². The number of hydrogen-bond donors (Lipinski definition) is 1. The van der Waals surface area contributed by atoms with Crippen LogP contribution in [0.5, 0.6) is 5.75 Å². The molecule has 0 aliphatic carbocycles. The lowest BCUT2D eigenvalue weighted by atomic mass is 10.2. The van der Waals surface area contributed by atoms with Crippen LogP contribution < -0.4 is 10.2 Å². The number of nitro benzene ring substituents is 1. The number of rotatable bonds is 10. The van der Waals surface area contributed by atoms with Crippen LogP contribution in [-0.2, 0) is 14.8 Å². The van der Waals surface area contributed by atoms with Gasteiger partial charge in [-0.1, -0.05) is 13.3 Å². The van der Waals surface area contributed by atoms with Crippen molar-refractivity contribution in [2.45, 2.75) is 24.7 Å². The van der Waals surface area contributed by atoms with Gasteiger partial charge in [0, 0.05) is 19.2 Å². The number of benzene rings is 2. The molecule has 0 aromatic heterocycles. The number of sulfonamides is 1. The molecule has 3 rings (SSSR count). The Bertz CT molecular complexity index is 1050. The van der Waals surface area contributed by atoms with Crippen molar-refractivity contribution in [2.75, 3.05) is 38.3 Å². The van der Waals surface area contributed by atoms with Crippen molar-refractivity contribution < 1.29 is 22.8 Å². The van der Waals surface area contributed by atoms with Crippen LogP contribution in [0.2, 0.25) is 0 Å². The molecule has 0 atom stereocenters. The summed E-state index contributed by atoms with van der Waals surface area (Å²) in [5.41, 5.74) is 3.11. The monoisotopic (exact) mass is 462 g/mol. The second-order valence-corrected chi connectivity index (χ2v) is 9.03. The van der Waals surface area contributed by atoms with Crippen molar-refractivity contribution in [2.24, 2.45) is 5.10 Å². The summed E-state index contributed by atoms with van der Waals surface area (Å²) in [4.78, 5) is 10.7. The molecule has 0 unspecified atom stereocenters. The molecule has 0 spiro atoms. The minimum Gasteiger partial charge on any atom is -0.494 e. The Hall–Kier alpha value is -3.02. The van der Waals surface area contributed by atoms with Gasteiger partial charge in [-0.15, -0.1) is 0 Å². The van der Waals surface area contributed by atoms with Gasteiger partial charge < -0.3 is 9.47 Å². The lowest BCUT2D eigenvalue weighted by Gasteiger charge is -2.26. The van der Waals surface area contributed by atoms with Crippen LogP contribution in [0.25, 0.3) is 0 Å². The smallest absolute Gasteiger partial charge is 0.295 e. The van der Waals surface area contributed by atoms with Crippen LogP contribution in [0.4, 0.5) is 11.4 Å². The van der Waals surface area contributed by atoms with E-state index in [4.69, 9.17) is 9.47 Å². The molecule has 2 aromatic carbocycles. The standard InChI is InChI=1S/C21H26N4O6S/c1-2-3-12-31-18-6-4-17(5-7-18)16-22-23-20-9-8-19(15-21(20)25(26)27)32(28,29)24-10-13-30-14-11-24/h4-9,15-16,23H,2-3,10-14H2,1H3. The fourth-order valence-electron chi connectivity index (χ4n) is 3.01. The molecular weight excluding hydrogens is 436 g/mol. The third-order valence-electron chi connectivity index (χ3n) is 4.82. The number of hydrazone groups is 1. The maximum Gasteiger partial charge on any atom is 0.295 e. The molecule has 172 valence electrons. The van der Waals surface area contributed by atoms with Crippen molar-refractivity contribution in [3.8, 4) is 5.75 Å². The van der Waals surface area contributed by atoms with Gasteiger partial charge in [0.1, 0.15) is 11.4 Å². The van der Waals surface area contributed by atoms with Crippen molar-refractivity contribution in [1.29, 1.82) is 0 Å². The van der Waals surface area contributed by atoms with E-state index in [2.05, 4.69) is 17.5 Å². The normalized spacial score (nSPS) is 15.0. The molecule has 2 aromatic rings. The maximum absolute atomic E-state index is 12.8. The molecule has 1 aliphatic rings. The van der Waals surface area contributed by atoms with Crippen LogP contribution in [0.1, 0.15) is 25.3 Å². The van der Waals surface area contributed by atoms with E-state index in [0.717, 1.165) is 30.2 Å². The minimum absolute atomic E-state index is 0.0895. The zero-order valence-electron chi connectivity index (χ0n) is 17.8. The highest BCUT2D eigenvalue weighted by atomic mass is 32.2. The second kappa shape index (κ2) is 11.0. The molecule has 0 saturated carbocycles. The Morgan fingerprint density at radius 1 is 1.22 bits per heavy atom. The Labute approximate surface area is 187 Å². The lowest BCUT2D eigenvalue weighted by Crippen LogP contribution is -2.40. The van der Waals surface area contributed by atoms with E-state index >= 15 is 0 Å². The second-order valence-electron chi connectivity index (χ2n) is 7.09. The molecular formula is C21H26N4O6S. The topological polar surface area (TPSA) is 123 Å². The zero-order chi connectivity index (χ0) is 23.0. The SMILES string of the molecule is CCCCOc1ccc(C=NNc2ccc(S(=O)(=O)N3CCOCC3)cc2[N+](=O)[O-])cc1. The van der Waals surface area contributed by atoms with E-state index in [1.54, 1.807) is 0 Å². The van der Waals surface area contributed by atoms with Gasteiger partial charge in [0.25, 0.3) is 5.69 Å². The average molecular weight is 463 g/mol. The first-order valence-corrected chi connectivity index (χ1v) is 11.7. The number of hydrogen-bond acceptors (Lipinski definition) is 8. The number of nitrogens with zero attached hydrogens (tertiary/aromatic N) is 3. The van der Waals surface area contributed by atoms with E-state index in [1.165, 1.54) is 22.7 Å². The Kier molecular flexibility index (Phi) is 8.14. The van der Waals surface area contributed by atoms with E-state index < -0.39 is 14.9 Å². The first-order chi connectivity index (χ1) is 15.4. The van der Waals surface area contributed by atoms with Crippen LogP contribution in [0.15, 0.2) is 52.5 Å². The van der Waals surface area contributed by atoms with Gasteiger partial charge in [-0.3, -0.25) is 15.5 Å². The van der Waals surface area contributed by atoms with Crippen LogP contribution >= 0.6 is 0 Å². The van der Waals surface area contributed by atoms with Crippen LogP contribution in [0.3, 0.4) is 0 Å². The third kappa shape index (κ3) is 6.02. The van der Waals surface area contributed by atoms with Crippen molar-refractivity contribution in [3.05, 3.63) is 58.1 Å². The first kappa shape index (κ1) is 23.6. The fourth-order valence-corrected chi connectivity index (χ4v) is 4.44. The largest absolute Gasteiger partial charge is 0.494 e. The summed E-state index contributed by atoms with van der Waals surface area (Å²) in [6.07, 6.45) is 3.55. The maximum atomic E-state index is 12.8. The van der Waals surface area contributed by atoms with E-state index in [-0.39, 0.29) is 29.4 Å². The van der Waals surface area contributed by atoms with Crippen molar-refractivity contribution in [3.63, 3.8) is 0 Å². The van der Waals surface area contributed by atoms with E-state index in [0.29, 0.717) is 19.8 Å². The number of nitrogens with one attached hydrogen (secondary N) is 1. The molecule has 1 heterocycles. The summed E-state index contributed by atoms with van der Waals surface area (Å²) in [5.74, 6) is 0.760. The molecule has 11 heteroatoms. The molecule has 0 bridgehead atoms. The highest BCUT2D eigenvalue weighted by Gasteiger charge is 2.28. The van der Waals surface area contributed by atoms with Crippen LogP contribution in [0, 0.1) is 10.1 Å². The summed E-state index contributed by atoms with van der Waals surface area (Å²) in [5, 5.41) is 15.6. The Morgan fingerprint density at radius 2 is 1.94 bits per heavy atom. The summed E-state index contributed by atoms with van der Waals surface area (Å²) in [6, 6.07) is 11.0. The summed E-state index contributed by atoms with van der Waals surface area (Å²) in [7, 11) is -3.84. The van der Waals surface area contributed by atoms with Gasteiger partial charge in [0.15, 0.2) is 0 Å². The van der Waals surface area contributed by atoms with Gasteiger partial charge in [0.2, 0.25) is 10.0 Å². The third-order valence-corrected chi connectivity index (χ3v) is 6.71. The quantitative estimate of drug-likeness (QED) is 0.249. The molecule has 1 saturated heterocycles. The number of anilines is 1. The number of nitro groups is 1. The van der Waals surface area contributed by atoms with E-state index in [1.807, 2.05) is 24.3 Å². The molecule has 1 aliphatic heterocycles. The average Bonchev–Trinajstić information content (AvgIpc) is 2.81. The van der Waals surface area contributed by atoms with Crippen molar-refractivity contribution in [1.82, 2.24) is 4.31 Å². The summed E-state index contributed by atoms with van der Waals surface area (Å²) in [6.45, 7) is 3.76.